The maximum absolute atomic E-state index is 8.59. The molecule has 0 saturated heterocycles. The van der Waals surface area contributed by atoms with Crippen molar-refractivity contribution < 1.29 is 0 Å². The fourth-order valence-electron chi connectivity index (χ4n) is 0.865. The summed E-state index contributed by atoms with van der Waals surface area (Å²) in [6.45, 7) is 0.175. The van der Waals surface area contributed by atoms with Crippen molar-refractivity contribution in [3.63, 3.8) is 0 Å². The molecule has 0 bridgehead atoms. The van der Waals surface area contributed by atoms with Crippen molar-refractivity contribution in [3.8, 4) is 12.1 Å². The Kier molecular flexibility index (Phi) is 3.14. The summed E-state index contributed by atoms with van der Waals surface area (Å²) >= 11 is 5.81. The van der Waals surface area contributed by atoms with E-state index in [1.54, 1.807) is 18.2 Å². The Balaban J connectivity index is 2.93. The molecule has 1 rings (SSSR count). The summed E-state index contributed by atoms with van der Waals surface area (Å²) in [5.41, 5.74) is 1.13. The molecule has 4 heteroatoms. The number of nitriles is 2. The van der Waals surface area contributed by atoms with Gasteiger partial charge in [0, 0.05) is 0 Å². The van der Waals surface area contributed by atoms with E-state index in [1.165, 1.54) is 0 Å². The van der Waals surface area contributed by atoms with E-state index in [4.69, 9.17) is 22.1 Å². The summed E-state index contributed by atoms with van der Waals surface area (Å²) < 4.78 is 0. The Morgan fingerprint density at radius 3 is 2.77 bits per heavy atom. The first-order valence-electron chi connectivity index (χ1n) is 3.58. The summed E-state index contributed by atoms with van der Waals surface area (Å²) in [6, 6.07) is 8.78. The molecule has 1 aromatic rings. The van der Waals surface area contributed by atoms with Gasteiger partial charge in [0.1, 0.15) is 6.54 Å². The lowest BCUT2D eigenvalue weighted by molar-refractivity contribution is 1.31. The molecule has 0 heterocycles. The van der Waals surface area contributed by atoms with Crippen LogP contribution >= 0.6 is 11.6 Å². The van der Waals surface area contributed by atoms with Crippen LogP contribution in [0.5, 0.6) is 0 Å². The molecule has 0 fully saturated rings. The van der Waals surface area contributed by atoms with E-state index in [-0.39, 0.29) is 6.54 Å². The summed E-state index contributed by atoms with van der Waals surface area (Å²) in [5.74, 6) is 0. The van der Waals surface area contributed by atoms with Crippen LogP contribution in [0.2, 0.25) is 5.02 Å². The molecule has 0 saturated carbocycles. The maximum Gasteiger partial charge on any atom is 0.103 e. The SMILES string of the molecule is N#CCNc1cc(C#N)ccc1Cl. The van der Waals surface area contributed by atoms with Gasteiger partial charge in [0.25, 0.3) is 0 Å². The molecule has 0 aromatic heterocycles. The Morgan fingerprint density at radius 2 is 2.15 bits per heavy atom. The van der Waals surface area contributed by atoms with Crippen LogP contribution in [0.4, 0.5) is 5.69 Å². The number of nitrogens with one attached hydrogen (secondary N) is 1. The van der Waals surface area contributed by atoms with Gasteiger partial charge >= 0.3 is 0 Å². The van der Waals surface area contributed by atoms with Crippen molar-refractivity contribution >= 4 is 17.3 Å². The molecule has 64 valence electrons. The second kappa shape index (κ2) is 4.35. The Labute approximate surface area is 81.2 Å². The molecule has 0 unspecified atom stereocenters. The van der Waals surface area contributed by atoms with Gasteiger partial charge in [0.15, 0.2) is 0 Å². The quantitative estimate of drug-likeness (QED) is 0.729. The van der Waals surface area contributed by atoms with E-state index in [9.17, 15) is 0 Å². The third-order valence-corrected chi connectivity index (χ3v) is 1.78. The van der Waals surface area contributed by atoms with Crippen molar-refractivity contribution in [1.82, 2.24) is 0 Å². The highest BCUT2D eigenvalue weighted by atomic mass is 35.5. The summed E-state index contributed by atoms with van der Waals surface area (Å²) in [7, 11) is 0. The van der Waals surface area contributed by atoms with Crippen LogP contribution in [-0.4, -0.2) is 6.54 Å². The molecule has 0 aliphatic heterocycles. The van der Waals surface area contributed by atoms with E-state index >= 15 is 0 Å². The topological polar surface area (TPSA) is 59.6 Å². The molecular formula is C9H6ClN3. The summed E-state index contributed by atoms with van der Waals surface area (Å²) in [5, 5.41) is 20.2. The first kappa shape index (κ1) is 9.38. The normalized spacial score (nSPS) is 8.54. The largest absolute Gasteiger partial charge is 0.371 e. The standard InChI is InChI=1S/C9H6ClN3/c10-8-2-1-7(6-12)5-9(8)13-4-3-11/h1-2,5,13H,4H2. The van der Waals surface area contributed by atoms with Crippen molar-refractivity contribution in [2.75, 3.05) is 11.9 Å². The minimum atomic E-state index is 0.175. The lowest BCUT2D eigenvalue weighted by atomic mass is 10.2. The lowest BCUT2D eigenvalue weighted by Gasteiger charge is -2.03. The molecule has 1 N–H and O–H groups in total. The van der Waals surface area contributed by atoms with E-state index in [2.05, 4.69) is 5.32 Å². The van der Waals surface area contributed by atoms with Gasteiger partial charge in [-0.1, -0.05) is 11.6 Å². The predicted octanol–water partition coefficient (Wildman–Crippen LogP) is 2.15. The number of rotatable bonds is 2. The monoisotopic (exact) mass is 191 g/mol. The zero-order valence-electron chi connectivity index (χ0n) is 6.71. The van der Waals surface area contributed by atoms with Gasteiger partial charge < -0.3 is 5.32 Å². The van der Waals surface area contributed by atoms with E-state index in [0.717, 1.165) is 0 Å². The molecule has 0 atom stereocenters. The average Bonchev–Trinajstić information content (AvgIpc) is 2.17. The number of halogens is 1. The molecule has 0 radical (unpaired) electrons. The molecular weight excluding hydrogens is 186 g/mol. The zero-order chi connectivity index (χ0) is 9.68. The highest BCUT2D eigenvalue weighted by molar-refractivity contribution is 6.33. The predicted molar refractivity (Wildman–Crippen MR) is 50.3 cm³/mol. The number of anilines is 1. The van der Waals surface area contributed by atoms with Crippen molar-refractivity contribution in [2.24, 2.45) is 0 Å². The Hall–Kier alpha value is -1.71. The van der Waals surface area contributed by atoms with Gasteiger partial charge in [-0.2, -0.15) is 10.5 Å². The Morgan fingerprint density at radius 1 is 1.38 bits per heavy atom. The average molecular weight is 192 g/mol. The molecule has 13 heavy (non-hydrogen) atoms. The number of hydrogen-bond acceptors (Lipinski definition) is 3. The van der Waals surface area contributed by atoms with Crippen LogP contribution in [0.25, 0.3) is 0 Å². The highest BCUT2D eigenvalue weighted by Crippen LogP contribution is 2.22. The van der Waals surface area contributed by atoms with Gasteiger partial charge in [-0.25, -0.2) is 0 Å². The molecule has 3 nitrogen and oxygen atoms in total. The second-order valence-corrected chi connectivity index (χ2v) is 2.73. The minimum Gasteiger partial charge on any atom is -0.371 e. The van der Waals surface area contributed by atoms with Gasteiger partial charge in [0.05, 0.1) is 28.4 Å². The molecule has 0 aliphatic carbocycles. The second-order valence-electron chi connectivity index (χ2n) is 2.32. The number of benzene rings is 1. The Bertz CT molecular complexity index is 387. The zero-order valence-corrected chi connectivity index (χ0v) is 7.47. The van der Waals surface area contributed by atoms with Crippen molar-refractivity contribution in [3.05, 3.63) is 28.8 Å². The number of nitrogens with zero attached hydrogens (tertiary/aromatic N) is 2. The van der Waals surface area contributed by atoms with E-state index < -0.39 is 0 Å². The van der Waals surface area contributed by atoms with Crippen LogP contribution in [-0.2, 0) is 0 Å². The molecule has 0 amide bonds. The van der Waals surface area contributed by atoms with E-state index in [0.29, 0.717) is 16.3 Å². The van der Waals surface area contributed by atoms with Crippen molar-refractivity contribution in [1.29, 1.82) is 10.5 Å². The molecule has 0 spiro atoms. The smallest absolute Gasteiger partial charge is 0.103 e. The maximum atomic E-state index is 8.59. The van der Waals surface area contributed by atoms with Crippen molar-refractivity contribution in [2.45, 2.75) is 0 Å². The van der Waals surface area contributed by atoms with E-state index in [1.807, 2.05) is 12.1 Å². The lowest BCUT2D eigenvalue weighted by Crippen LogP contribution is -1.99. The van der Waals surface area contributed by atoms with Crippen LogP contribution in [0.3, 0.4) is 0 Å². The van der Waals surface area contributed by atoms with Crippen LogP contribution in [0.15, 0.2) is 18.2 Å². The van der Waals surface area contributed by atoms with Crippen LogP contribution in [0.1, 0.15) is 5.56 Å². The first-order valence-corrected chi connectivity index (χ1v) is 3.96. The van der Waals surface area contributed by atoms with Gasteiger partial charge in [-0.05, 0) is 18.2 Å². The summed E-state index contributed by atoms with van der Waals surface area (Å²) in [4.78, 5) is 0. The minimum absolute atomic E-state index is 0.175. The van der Waals surface area contributed by atoms with Crippen LogP contribution in [0, 0.1) is 22.7 Å². The number of hydrogen-bond donors (Lipinski definition) is 1. The molecule has 1 aromatic carbocycles. The highest BCUT2D eigenvalue weighted by Gasteiger charge is 1.99. The third kappa shape index (κ3) is 2.37. The fraction of sp³-hybridized carbons (Fsp3) is 0.111. The third-order valence-electron chi connectivity index (χ3n) is 1.45. The molecule has 0 aliphatic rings. The van der Waals surface area contributed by atoms with Gasteiger partial charge in [-0.3, -0.25) is 0 Å². The first-order chi connectivity index (χ1) is 6.27. The van der Waals surface area contributed by atoms with Gasteiger partial charge in [0.2, 0.25) is 0 Å². The van der Waals surface area contributed by atoms with Crippen LogP contribution < -0.4 is 5.32 Å². The van der Waals surface area contributed by atoms with Gasteiger partial charge in [-0.15, -0.1) is 0 Å². The summed E-state index contributed by atoms with van der Waals surface area (Å²) in [6.07, 6.45) is 0. The fourth-order valence-corrected chi connectivity index (χ4v) is 1.05.